The molecular formula is C29H36N4O4. The van der Waals surface area contributed by atoms with Gasteiger partial charge in [-0.25, -0.2) is 0 Å². The predicted octanol–water partition coefficient (Wildman–Crippen LogP) is 4.65. The summed E-state index contributed by atoms with van der Waals surface area (Å²) < 4.78 is 5.59. The fourth-order valence-electron chi connectivity index (χ4n) is 5.42. The molecule has 37 heavy (non-hydrogen) atoms. The van der Waals surface area contributed by atoms with Gasteiger partial charge in [-0.1, -0.05) is 63.4 Å². The highest BCUT2D eigenvalue weighted by molar-refractivity contribution is 6.45. The number of nitrogens with zero attached hydrogens (tertiary/aromatic N) is 3. The van der Waals surface area contributed by atoms with Gasteiger partial charge in [0.15, 0.2) is 5.71 Å². The second kappa shape index (κ2) is 10.6. The molecule has 0 radical (unpaired) electrons. The monoisotopic (exact) mass is 504 g/mol. The average Bonchev–Trinajstić information content (AvgIpc) is 3.52. The fourth-order valence-corrected chi connectivity index (χ4v) is 5.42. The van der Waals surface area contributed by atoms with Crippen molar-refractivity contribution in [1.82, 2.24) is 10.3 Å². The van der Waals surface area contributed by atoms with Gasteiger partial charge >= 0.3 is 0 Å². The largest absolute Gasteiger partial charge is 0.362 e. The molecule has 0 spiro atoms. The molecule has 3 heterocycles. The van der Waals surface area contributed by atoms with Crippen LogP contribution in [0.3, 0.4) is 0 Å². The zero-order valence-corrected chi connectivity index (χ0v) is 21.9. The molecule has 1 aromatic carbocycles. The van der Waals surface area contributed by atoms with E-state index in [1.807, 2.05) is 30.3 Å². The lowest BCUT2D eigenvalue weighted by Gasteiger charge is -2.34. The number of anilines is 1. The molecule has 1 N–H and O–H groups in total. The van der Waals surface area contributed by atoms with Crippen LogP contribution >= 0.6 is 0 Å². The molecule has 196 valence electrons. The highest BCUT2D eigenvalue weighted by Gasteiger charge is 2.46. The molecular weight excluding hydrogens is 468 g/mol. The summed E-state index contributed by atoms with van der Waals surface area (Å²) in [7, 11) is 0. The minimum Gasteiger partial charge on any atom is -0.362 e. The maximum atomic E-state index is 14.2. The molecule has 1 saturated heterocycles. The first-order chi connectivity index (χ1) is 17.8. The van der Waals surface area contributed by atoms with Gasteiger partial charge in [-0.05, 0) is 48.4 Å². The zero-order chi connectivity index (χ0) is 26.0. The van der Waals surface area contributed by atoms with Crippen LogP contribution in [0.25, 0.3) is 0 Å². The first-order valence-corrected chi connectivity index (χ1v) is 13.3. The van der Waals surface area contributed by atoms with E-state index in [1.165, 1.54) is 6.42 Å². The second-order valence-corrected chi connectivity index (χ2v) is 11.2. The highest BCUT2D eigenvalue weighted by Crippen LogP contribution is 2.35. The molecule has 1 saturated carbocycles. The summed E-state index contributed by atoms with van der Waals surface area (Å²) >= 11 is 0. The summed E-state index contributed by atoms with van der Waals surface area (Å²) in [5.74, 6) is -0.819. The molecule has 0 bridgehead atoms. The van der Waals surface area contributed by atoms with Gasteiger partial charge in [0.1, 0.15) is 6.04 Å². The smallest absolute Gasteiger partial charge is 0.277 e. The first kappa shape index (κ1) is 25.4. The Labute approximate surface area is 218 Å². The Morgan fingerprint density at radius 1 is 1.05 bits per heavy atom. The van der Waals surface area contributed by atoms with Crippen LogP contribution in [-0.4, -0.2) is 41.4 Å². The Kier molecular flexibility index (Phi) is 7.29. The van der Waals surface area contributed by atoms with Crippen LogP contribution < -0.4 is 10.2 Å². The minimum absolute atomic E-state index is 0.0493. The van der Waals surface area contributed by atoms with Crippen molar-refractivity contribution in [3.8, 4) is 0 Å². The maximum absolute atomic E-state index is 14.2. The molecule has 2 aromatic rings. The zero-order valence-electron chi connectivity index (χ0n) is 21.9. The van der Waals surface area contributed by atoms with Crippen molar-refractivity contribution >= 4 is 23.2 Å². The van der Waals surface area contributed by atoms with E-state index in [0.717, 1.165) is 31.2 Å². The summed E-state index contributed by atoms with van der Waals surface area (Å²) in [5, 5.41) is 7.37. The number of benzene rings is 1. The molecule has 2 aliphatic heterocycles. The van der Waals surface area contributed by atoms with Crippen LogP contribution in [0.1, 0.15) is 76.5 Å². The number of nitrogens with one attached hydrogen (secondary N) is 1. The number of carbonyl (C=O) groups is 2. The van der Waals surface area contributed by atoms with Crippen LogP contribution in [0.15, 0.2) is 53.9 Å². The van der Waals surface area contributed by atoms with E-state index in [-0.39, 0.29) is 29.2 Å². The highest BCUT2D eigenvalue weighted by atomic mass is 16.8. The number of hydrogen-bond acceptors (Lipinski definition) is 6. The number of aromatic nitrogens is 1. The third-order valence-electron chi connectivity index (χ3n) is 7.55. The Morgan fingerprint density at radius 2 is 1.81 bits per heavy atom. The number of pyridine rings is 1. The lowest BCUT2D eigenvalue weighted by molar-refractivity contribution is -0.125. The van der Waals surface area contributed by atoms with Crippen LogP contribution in [0.5, 0.6) is 0 Å². The van der Waals surface area contributed by atoms with Crippen molar-refractivity contribution in [3.05, 3.63) is 59.9 Å². The normalized spacial score (nSPS) is 22.5. The topological polar surface area (TPSA) is 93.1 Å². The van der Waals surface area contributed by atoms with Crippen molar-refractivity contribution in [3.63, 3.8) is 0 Å². The molecule has 3 aliphatic rings. The Hall–Kier alpha value is -3.26. The third-order valence-corrected chi connectivity index (χ3v) is 7.55. The van der Waals surface area contributed by atoms with E-state index >= 15 is 0 Å². The summed E-state index contributed by atoms with van der Waals surface area (Å²) in [4.78, 5) is 39.5. The average molecular weight is 505 g/mol. The van der Waals surface area contributed by atoms with Crippen LogP contribution in [0.2, 0.25) is 0 Å². The molecule has 3 unspecified atom stereocenters. The number of ether oxygens (including phenoxy) is 1. The molecule has 1 aromatic heterocycles. The lowest BCUT2D eigenvalue weighted by atomic mass is 9.87. The van der Waals surface area contributed by atoms with E-state index < -0.39 is 12.3 Å². The fraction of sp³-hybridized carbons (Fsp3) is 0.517. The van der Waals surface area contributed by atoms with Gasteiger partial charge in [-0.2, -0.15) is 0 Å². The number of oxime groups is 1. The molecule has 2 amide bonds. The Morgan fingerprint density at radius 3 is 2.49 bits per heavy atom. The van der Waals surface area contributed by atoms with Crippen molar-refractivity contribution in [2.24, 2.45) is 11.1 Å². The SMILES string of the molecule is CC(C)(C)c1ccc(N(C(=O)C2=NOC3OCCC23)C(C(=O)NC2CCCCC2)c2cccnc2)cc1. The first-order valence-electron chi connectivity index (χ1n) is 13.3. The van der Waals surface area contributed by atoms with Crippen LogP contribution in [-0.2, 0) is 24.6 Å². The number of hydrogen-bond donors (Lipinski definition) is 1. The Balaban J connectivity index is 1.56. The second-order valence-electron chi connectivity index (χ2n) is 11.2. The summed E-state index contributed by atoms with van der Waals surface area (Å²) in [6, 6.07) is 10.7. The number of fused-ring (bicyclic) bond motifs is 1. The number of amides is 2. The summed E-state index contributed by atoms with van der Waals surface area (Å²) in [6.07, 6.45) is 8.70. The van der Waals surface area contributed by atoms with Gasteiger partial charge in [0, 0.05) is 29.7 Å². The van der Waals surface area contributed by atoms with Gasteiger partial charge in [0.2, 0.25) is 12.2 Å². The van der Waals surface area contributed by atoms with Crippen LogP contribution in [0.4, 0.5) is 5.69 Å². The number of rotatable bonds is 6. The quantitative estimate of drug-likeness (QED) is 0.618. The van der Waals surface area contributed by atoms with Gasteiger partial charge in [0.05, 0.1) is 12.5 Å². The van der Waals surface area contributed by atoms with E-state index in [4.69, 9.17) is 9.57 Å². The standard InChI is InChI=1S/C29H36N4O4/c1-29(2,3)20-11-13-22(14-12-20)33(27(35)24-23-15-17-36-28(23)37-32-24)25(19-8-7-16-30-18-19)26(34)31-21-9-5-4-6-10-21/h7-8,11-14,16,18,21,23,25,28H,4-6,9-10,15,17H2,1-3H3,(H,31,34). The molecule has 1 aliphatic carbocycles. The van der Waals surface area contributed by atoms with E-state index in [2.05, 4.69) is 36.2 Å². The summed E-state index contributed by atoms with van der Waals surface area (Å²) in [5.41, 5.74) is 2.64. The van der Waals surface area contributed by atoms with Gasteiger partial charge in [0.25, 0.3) is 5.91 Å². The van der Waals surface area contributed by atoms with E-state index in [9.17, 15) is 9.59 Å². The van der Waals surface area contributed by atoms with Gasteiger partial charge < -0.3 is 14.9 Å². The molecule has 8 heteroatoms. The Bertz CT molecular complexity index is 1140. The predicted molar refractivity (Wildman–Crippen MR) is 141 cm³/mol. The minimum atomic E-state index is -0.910. The van der Waals surface area contributed by atoms with E-state index in [0.29, 0.717) is 30.0 Å². The molecule has 5 rings (SSSR count). The third kappa shape index (κ3) is 5.39. The van der Waals surface area contributed by atoms with Gasteiger partial charge in [-0.3, -0.25) is 19.5 Å². The van der Waals surface area contributed by atoms with Crippen LogP contribution in [0, 0.1) is 5.92 Å². The van der Waals surface area contributed by atoms with E-state index in [1.54, 1.807) is 23.4 Å². The van der Waals surface area contributed by atoms with Crippen molar-refractivity contribution in [1.29, 1.82) is 0 Å². The van der Waals surface area contributed by atoms with Gasteiger partial charge in [-0.15, -0.1) is 0 Å². The summed E-state index contributed by atoms with van der Waals surface area (Å²) in [6.45, 7) is 6.94. The maximum Gasteiger partial charge on any atom is 0.277 e. The lowest BCUT2D eigenvalue weighted by Crippen LogP contribution is -2.50. The van der Waals surface area contributed by atoms with Crippen molar-refractivity contribution < 1.29 is 19.2 Å². The van der Waals surface area contributed by atoms with Crippen molar-refractivity contribution in [2.45, 2.75) is 83.1 Å². The molecule has 3 atom stereocenters. The molecule has 8 nitrogen and oxygen atoms in total. The van der Waals surface area contributed by atoms with Crippen molar-refractivity contribution in [2.75, 3.05) is 11.5 Å². The number of carbonyl (C=O) groups excluding carboxylic acids is 2. The molecule has 2 fully saturated rings.